The molecule has 25 heavy (non-hydrogen) atoms. The van der Waals surface area contributed by atoms with Gasteiger partial charge in [0.25, 0.3) is 0 Å². The first-order chi connectivity index (χ1) is 12.0. The Balaban J connectivity index is 2.17. The molecule has 8 nitrogen and oxygen atoms in total. The van der Waals surface area contributed by atoms with Crippen molar-refractivity contribution >= 4 is 28.2 Å². The molecule has 0 spiro atoms. The summed E-state index contributed by atoms with van der Waals surface area (Å²) < 4.78 is 10.4. The number of phenols is 2. The number of aromatic hydroxyl groups is 2. The highest BCUT2D eigenvalue weighted by Crippen LogP contribution is 2.52. The third-order valence-electron chi connectivity index (χ3n) is 3.97. The van der Waals surface area contributed by atoms with Crippen LogP contribution in [0.4, 0.5) is 10.9 Å². The van der Waals surface area contributed by atoms with E-state index in [-0.39, 0.29) is 29.7 Å². The van der Waals surface area contributed by atoms with Crippen LogP contribution in [0, 0.1) is 0 Å². The van der Waals surface area contributed by atoms with Crippen molar-refractivity contribution in [1.29, 1.82) is 0 Å². The molecule has 0 unspecified atom stereocenters. The summed E-state index contributed by atoms with van der Waals surface area (Å²) in [7, 11) is 2.78. The third-order valence-corrected chi connectivity index (χ3v) is 5.09. The van der Waals surface area contributed by atoms with Gasteiger partial charge >= 0.3 is 0 Å². The lowest BCUT2D eigenvalue weighted by Crippen LogP contribution is -2.23. The molecule has 1 aliphatic rings. The Hall–Kier alpha value is -2.68. The highest BCUT2D eigenvalue weighted by Gasteiger charge is 2.34. The summed E-state index contributed by atoms with van der Waals surface area (Å²) in [6, 6.07) is 1.58. The number of ether oxygens (including phenoxy) is 2. The Morgan fingerprint density at radius 1 is 1.36 bits per heavy atom. The van der Waals surface area contributed by atoms with Gasteiger partial charge in [-0.2, -0.15) is 0 Å². The minimum atomic E-state index is -0.416. The number of benzene rings is 1. The monoisotopic (exact) mass is 365 g/mol. The van der Waals surface area contributed by atoms with Crippen LogP contribution in [0.3, 0.4) is 0 Å². The molecule has 1 atom stereocenters. The van der Waals surface area contributed by atoms with Crippen molar-refractivity contribution in [3.63, 3.8) is 0 Å². The van der Waals surface area contributed by atoms with Gasteiger partial charge in [0.1, 0.15) is 5.82 Å². The first-order valence-electron chi connectivity index (χ1n) is 7.71. The number of amides is 1. The molecule has 0 aliphatic carbocycles. The summed E-state index contributed by atoms with van der Waals surface area (Å²) in [5.41, 5.74) is 0.553. The van der Waals surface area contributed by atoms with Crippen molar-refractivity contribution in [2.24, 2.45) is 0 Å². The maximum Gasteiger partial charge on any atom is 0.226 e. The van der Waals surface area contributed by atoms with Crippen LogP contribution in [0.5, 0.6) is 23.0 Å². The fourth-order valence-electron chi connectivity index (χ4n) is 2.86. The predicted molar refractivity (Wildman–Crippen MR) is 94.2 cm³/mol. The summed E-state index contributed by atoms with van der Waals surface area (Å²) in [5.74, 6) is -0.652. The number of thiazole rings is 1. The van der Waals surface area contributed by atoms with E-state index in [9.17, 15) is 15.0 Å². The normalized spacial score (nSPS) is 16.1. The van der Waals surface area contributed by atoms with E-state index in [1.54, 1.807) is 6.07 Å². The molecule has 4 N–H and O–H groups in total. The summed E-state index contributed by atoms with van der Waals surface area (Å²) >= 11 is 1.43. The average Bonchev–Trinajstić information content (AvgIpc) is 2.99. The number of hydrogen-bond donors (Lipinski definition) is 4. The fraction of sp³-hybridized carbons (Fsp3) is 0.375. The number of aromatic nitrogens is 1. The molecule has 9 heteroatoms. The standard InChI is InChI=1S/C16H19N3O5S/c1-4-17-16-19-15-14(25-16)8(6-10(20)18-15)7-5-9(23-2)11(21)12(22)13(7)24-3/h5,8,21-22H,4,6H2,1-3H3,(H,17,19)(H,18,20)/t8-/m0/s1. The Labute approximate surface area is 148 Å². The minimum Gasteiger partial charge on any atom is -0.502 e. The van der Waals surface area contributed by atoms with Gasteiger partial charge in [-0.25, -0.2) is 4.98 Å². The summed E-state index contributed by atoms with van der Waals surface area (Å²) in [4.78, 5) is 17.4. The van der Waals surface area contributed by atoms with E-state index >= 15 is 0 Å². The molecule has 3 rings (SSSR count). The van der Waals surface area contributed by atoms with Crippen molar-refractivity contribution in [2.45, 2.75) is 19.3 Å². The molecule has 0 bridgehead atoms. The largest absolute Gasteiger partial charge is 0.502 e. The molecule has 0 fully saturated rings. The van der Waals surface area contributed by atoms with Crippen LogP contribution in [0.1, 0.15) is 29.7 Å². The molecule has 134 valence electrons. The first kappa shape index (κ1) is 17.2. The lowest BCUT2D eigenvalue weighted by atomic mass is 9.90. The maximum absolute atomic E-state index is 12.1. The summed E-state index contributed by atoms with van der Waals surface area (Å²) in [5, 5.41) is 26.8. The van der Waals surface area contributed by atoms with Crippen molar-refractivity contribution in [3.05, 3.63) is 16.5 Å². The van der Waals surface area contributed by atoms with Crippen LogP contribution in [0.15, 0.2) is 6.07 Å². The predicted octanol–water partition coefficient (Wildman–Crippen LogP) is 2.48. The molecular weight excluding hydrogens is 346 g/mol. The highest BCUT2D eigenvalue weighted by atomic mass is 32.1. The topological polar surface area (TPSA) is 113 Å². The molecule has 1 aromatic carbocycles. The Morgan fingerprint density at radius 2 is 2.12 bits per heavy atom. The molecule has 2 aromatic rings. The van der Waals surface area contributed by atoms with Gasteiger partial charge in [0.15, 0.2) is 16.6 Å². The van der Waals surface area contributed by atoms with E-state index in [1.165, 1.54) is 25.6 Å². The molecule has 0 saturated carbocycles. The number of fused-ring (bicyclic) bond motifs is 1. The smallest absolute Gasteiger partial charge is 0.226 e. The van der Waals surface area contributed by atoms with Gasteiger partial charge in [-0.15, -0.1) is 0 Å². The zero-order valence-electron chi connectivity index (χ0n) is 14.0. The lowest BCUT2D eigenvalue weighted by Gasteiger charge is -2.24. The van der Waals surface area contributed by atoms with Crippen LogP contribution in [-0.2, 0) is 4.79 Å². The number of nitrogens with one attached hydrogen (secondary N) is 2. The first-order valence-corrected chi connectivity index (χ1v) is 8.53. The zero-order chi connectivity index (χ0) is 18.1. The molecular formula is C16H19N3O5S. The Bertz CT molecular complexity index is 821. The molecule has 0 saturated heterocycles. The van der Waals surface area contributed by atoms with Gasteiger partial charge in [0.2, 0.25) is 17.4 Å². The van der Waals surface area contributed by atoms with E-state index in [2.05, 4.69) is 15.6 Å². The van der Waals surface area contributed by atoms with Crippen LogP contribution in [0.25, 0.3) is 0 Å². The molecule has 1 amide bonds. The number of carbonyl (C=O) groups is 1. The van der Waals surface area contributed by atoms with Gasteiger partial charge in [-0.05, 0) is 13.0 Å². The number of phenolic OH excluding ortho intramolecular Hbond substituents is 2. The fourth-order valence-corrected chi connectivity index (χ4v) is 3.97. The number of nitrogens with zero attached hydrogens (tertiary/aromatic N) is 1. The summed E-state index contributed by atoms with van der Waals surface area (Å²) in [6.45, 7) is 2.67. The van der Waals surface area contributed by atoms with Crippen LogP contribution in [0.2, 0.25) is 0 Å². The second-order valence-electron chi connectivity index (χ2n) is 5.47. The quantitative estimate of drug-likeness (QED) is 0.602. The second kappa shape index (κ2) is 6.67. The SMILES string of the molecule is CCNc1nc2c(s1)[C@H](c1cc(OC)c(O)c(O)c1OC)CC(=O)N2. The van der Waals surface area contributed by atoms with Crippen LogP contribution in [-0.4, -0.2) is 41.9 Å². The molecule has 1 aromatic heterocycles. The maximum atomic E-state index is 12.1. The molecule has 1 aliphatic heterocycles. The zero-order valence-corrected chi connectivity index (χ0v) is 14.9. The van der Waals surface area contributed by atoms with Crippen molar-refractivity contribution in [3.8, 4) is 23.0 Å². The number of carbonyl (C=O) groups excluding carboxylic acids is 1. The van der Waals surface area contributed by atoms with Crippen molar-refractivity contribution in [2.75, 3.05) is 31.4 Å². The van der Waals surface area contributed by atoms with Gasteiger partial charge in [0, 0.05) is 24.4 Å². The van der Waals surface area contributed by atoms with E-state index in [4.69, 9.17) is 9.47 Å². The third kappa shape index (κ3) is 2.91. The van der Waals surface area contributed by atoms with Crippen molar-refractivity contribution < 1.29 is 24.5 Å². The van der Waals surface area contributed by atoms with Crippen LogP contribution >= 0.6 is 11.3 Å². The molecule has 0 radical (unpaired) electrons. The number of rotatable bonds is 5. The van der Waals surface area contributed by atoms with Crippen molar-refractivity contribution in [1.82, 2.24) is 4.98 Å². The van der Waals surface area contributed by atoms with Gasteiger partial charge in [0.05, 0.1) is 19.1 Å². The molecule has 2 heterocycles. The average molecular weight is 365 g/mol. The van der Waals surface area contributed by atoms with Gasteiger partial charge in [-0.1, -0.05) is 11.3 Å². The van der Waals surface area contributed by atoms with Crippen LogP contribution < -0.4 is 20.1 Å². The number of methoxy groups -OCH3 is 2. The number of anilines is 2. The van der Waals surface area contributed by atoms with Gasteiger partial charge < -0.3 is 30.3 Å². The second-order valence-corrected chi connectivity index (χ2v) is 6.50. The lowest BCUT2D eigenvalue weighted by molar-refractivity contribution is -0.116. The van der Waals surface area contributed by atoms with E-state index in [0.29, 0.717) is 23.1 Å². The van der Waals surface area contributed by atoms with E-state index < -0.39 is 11.5 Å². The van der Waals surface area contributed by atoms with E-state index in [0.717, 1.165) is 4.88 Å². The van der Waals surface area contributed by atoms with Gasteiger partial charge in [-0.3, -0.25) is 4.79 Å². The minimum absolute atomic E-state index is 0.109. The number of hydrogen-bond acceptors (Lipinski definition) is 8. The Kier molecular flexibility index (Phi) is 4.58. The highest BCUT2D eigenvalue weighted by molar-refractivity contribution is 7.16. The summed E-state index contributed by atoms with van der Waals surface area (Å²) in [6.07, 6.45) is 0.171. The Morgan fingerprint density at radius 3 is 2.76 bits per heavy atom. The van der Waals surface area contributed by atoms with E-state index in [1.807, 2.05) is 6.92 Å².